The highest BCUT2D eigenvalue weighted by Gasteiger charge is 2.15. The van der Waals surface area contributed by atoms with Gasteiger partial charge in [0.15, 0.2) is 11.5 Å². The number of aromatic carboxylic acids is 1. The van der Waals surface area contributed by atoms with Gasteiger partial charge in [-0.3, -0.25) is 4.79 Å². The molecule has 1 aromatic rings. The molecule has 0 aliphatic carbocycles. The molecule has 0 spiro atoms. The number of amides is 1. The molecule has 6 nitrogen and oxygen atoms in total. The number of carboxylic acids is 1. The number of nitrogens with zero attached hydrogens (tertiary/aromatic N) is 1. The highest BCUT2D eigenvalue weighted by Crippen LogP contribution is 2.13. The molecule has 0 bridgehead atoms. The highest BCUT2D eigenvalue weighted by molar-refractivity contribution is 5.85. The second-order valence-electron chi connectivity index (χ2n) is 2.84. The largest absolute Gasteiger partial charge is 0.476 e. The lowest BCUT2D eigenvalue weighted by Gasteiger charge is -2.06. The van der Waals surface area contributed by atoms with Crippen LogP contribution in [0, 0.1) is 0 Å². The van der Waals surface area contributed by atoms with Crippen LogP contribution >= 0.6 is 0 Å². The minimum Gasteiger partial charge on any atom is -0.476 e. The van der Waals surface area contributed by atoms with E-state index in [1.165, 1.54) is 13.0 Å². The second-order valence-corrected chi connectivity index (χ2v) is 2.84. The number of rotatable bonds is 3. The predicted molar refractivity (Wildman–Crippen MR) is 45.7 cm³/mol. The summed E-state index contributed by atoms with van der Waals surface area (Å²) < 4.78 is 4.74. The first-order valence-corrected chi connectivity index (χ1v) is 3.97. The number of nitrogens with one attached hydrogen (secondary N) is 1. The van der Waals surface area contributed by atoms with E-state index in [1.807, 2.05) is 0 Å². The van der Waals surface area contributed by atoms with E-state index in [0.717, 1.165) is 0 Å². The molecular formula is C8H10N2O4. The Morgan fingerprint density at radius 1 is 1.64 bits per heavy atom. The molecule has 0 aliphatic rings. The predicted octanol–water partition coefficient (Wildman–Crippen LogP) is 0.570. The quantitative estimate of drug-likeness (QED) is 0.740. The molecule has 1 amide bonds. The number of aromatic nitrogens is 1. The maximum absolute atomic E-state index is 10.7. The Bertz CT molecular complexity index is 358. The van der Waals surface area contributed by atoms with E-state index in [4.69, 9.17) is 9.63 Å². The summed E-state index contributed by atoms with van der Waals surface area (Å²) in [4.78, 5) is 21.1. The van der Waals surface area contributed by atoms with Crippen LogP contribution in [0.2, 0.25) is 0 Å². The van der Waals surface area contributed by atoms with E-state index >= 15 is 0 Å². The van der Waals surface area contributed by atoms with E-state index in [2.05, 4.69) is 10.5 Å². The topological polar surface area (TPSA) is 92.4 Å². The lowest BCUT2D eigenvalue weighted by molar-refractivity contribution is -0.119. The summed E-state index contributed by atoms with van der Waals surface area (Å²) in [5.74, 6) is -1.06. The third-order valence-electron chi connectivity index (χ3n) is 1.59. The molecule has 0 radical (unpaired) electrons. The van der Waals surface area contributed by atoms with Crippen LogP contribution in [-0.4, -0.2) is 22.1 Å². The van der Waals surface area contributed by atoms with Gasteiger partial charge in [0.05, 0.1) is 6.04 Å². The average molecular weight is 198 g/mol. The van der Waals surface area contributed by atoms with Gasteiger partial charge in [0.1, 0.15) is 0 Å². The summed E-state index contributed by atoms with van der Waals surface area (Å²) in [6.07, 6.45) is 0. The maximum Gasteiger partial charge on any atom is 0.358 e. The van der Waals surface area contributed by atoms with Crippen LogP contribution in [0.25, 0.3) is 0 Å². The van der Waals surface area contributed by atoms with E-state index in [1.54, 1.807) is 6.92 Å². The zero-order valence-electron chi connectivity index (χ0n) is 7.77. The number of hydrogen-bond acceptors (Lipinski definition) is 4. The van der Waals surface area contributed by atoms with Crippen molar-refractivity contribution in [1.29, 1.82) is 0 Å². The number of carboxylic acid groups (broad SMARTS) is 1. The van der Waals surface area contributed by atoms with Crippen LogP contribution in [0.15, 0.2) is 10.6 Å². The molecule has 0 aromatic carbocycles. The van der Waals surface area contributed by atoms with E-state index in [0.29, 0.717) is 5.76 Å². The number of carbonyl (C=O) groups is 2. The minimum atomic E-state index is -1.16. The van der Waals surface area contributed by atoms with Gasteiger partial charge in [-0.25, -0.2) is 4.79 Å². The van der Waals surface area contributed by atoms with Crippen LogP contribution in [0.4, 0.5) is 0 Å². The van der Waals surface area contributed by atoms with Crippen molar-refractivity contribution in [1.82, 2.24) is 10.5 Å². The molecule has 0 saturated heterocycles. The van der Waals surface area contributed by atoms with E-state index in [9.17, 15) is 9.59 Å². The Kier molecular flexibility index (Phi) is 2.85. The van der Waals surface area contributed by atoms with Gasteiger partial charge in [-0.2, -0.15) is 0 Å². The van der Waals surface area contributed by atoms with Crippen molar-refractivity contribution in [3.63, 3.8) is 0 Å². The Hall–Kier alpha value is -1.85. The molecule has 14 heavy (non-hydrogen) atoms. The van der Waals surface area contributed by atoms with Crippen molar-refractivity contribution in [2.45, 2.75) is 19.9 Å². The first-order chi connectivity index (χ1) is 6.50. The molecule has 1 unspecified atom stereocenters. The molecule has 0 aliphatic heterocycles. The highest BCUT2D eigenvalue weighted by atomic mass is 16.5. The van der Waals surface area contributed by atoms with Gasteiger partial charge in [0, 0.05) is 13.0 Å². The van der Waals surface area contributed by atoms with Gasteiger partial charge in [0.25, 0.3) is 0 Å². The normalized spacial score (nSPS) is 12.1. The lowest BCUT2D eigenvalue weighted by atomic mass is 10.2. The van der Waals surface area contributed by atoms with Crippen LogP contribution in [0.3, 0.4) is 0 Å². The third kappa shape index (κ3) is 2.32. The molecule has 1 rings (SSSR count). The summed E-state index contributed by atoms with van der Waals surface area (Å²) >= 11 is 0. The monoisotopic (exact) mass is 198 g/mol. The molecule has 1 atom stereocenters. The van der Waals surface area contributed by atoms with Crippen LogP contribution < -0.4 is 5.32 Å². The molecule has 1 aromatic heterocycles. The van der Waals surface area contributed by atoms with Crippen LogP contribution in [0.5, 0.6) is 0 Å². The first-order valence-electron chi connectivity index (χ1n) is 3.97. The smallest absolute Gasteiger partial charge is 0.358 e. The van der Waals surface area contributed by atoms with Crippen molar-refractivity contribution in [2.75, 3.05) is 0 Å². The SMILES string of the molecule is CC(=O)NC(C)c1cc(C(=O)O)no1. The molecule has 2 N–H and O–H groups in total. The fraction of sp³-hybridized carbons (Fsp3) is 0.375. The van der Waals surface area contributed by atoms with Gasteiger partial charge >= 0.3 is 5.97 Å². The van der Waals surface area contributed by atoms with Crippen molar-refractivity contribution in [3.8, 4) is 0 Å². The van der Waals surface area contributed by atoms with E-state index < -0.39 is 5.97 Å². The molecule has 76 valence electrons. The van der Waals surface area contributed by atoms with Gasteiger partial charge in [0.2, 0.25) is 5.91 Å². The van der Waals surface area contributed by atoms with Crippen LogP contribution in [-0.2, 0) is 4.79 Å². The Labute approximate surface area is 79.9 Å². The average Bonchev–Trinajstić information content (AvgIpc) is 2.50. The molecule has 6 heteroatoms. The maximum atomic E-state index is 10.7. The Balaban J connectivity index is 2.76. The lowest BCUT2D eigenvalue weighted by Crippen LogP contribution is -2.23. The second kappa shape index (κ2) is 3.91. The molecular weight excluding hydrogens is 188 g/mol. The molecule has 1 heterocycles. The standard InChI is InChI=1S/C8H10N2O4/c1-4(9-5(2)11)7-3-6(8(12)13)10-14-7/h3-4H,1-2H3,(H,9,11)(H,12,13). The van der Waals surface area contributed by atoms with Gasteiger partial charge in [-0.15, -0.1) is 0 Å². The van der Waals surface area contributed by atoms with Gasteiger partial charge in [-0.05, 0) is 6.92 Å². The zero-order valence-corrected chi connectivity index (χ0v) is 7.77. The summed E-state index contributed by atoms with van der Waals surface area (Å²) in [5, 5.41) is 14.4. The van der Waals surface area contributed by atoms with Crippen molar-refractivity contribution >= 4 is 11.9 Å². The fourth-order valence-corrected chi connectivity index (χ4v) is 0.970. The zero-order chi connectivity index (χ0) is 10.7. The summed E-state index contributed by atoms with van der Waals surface area (Å²) in [7, 11) is 0. The minimum absolute atomic E-state index is 0.169. The third-order valence-corrected chi connectivity index (χ3v) is 1.59. The molecule has 0 saturated carbocycles. The first kappa shape index (κ1) is 10.2. The Morgan fingerprint density at radius 3 is 2.71 bits per heavy atom. The van der Waals surface area contributed by atoms with Gasteiger partial charge < -0.3 is 14.9 Å². The van der Waals surface area contributed by atoms with Crippen molar-refractivity contribution < 1.29 is 19.2 Å². The Morgan fingerprint density at radius 2 is 2.29 bits per heavy atom. The van der Waals surface area contributed by atoms with Crippen molar-refractivity contribution in [2.24, 2.45) is 0 Å². The van der Waals surface area contributed by atoms with Crippen molar-refractivity contribution in [3.05, 3.63) is 17.5 Å². The fourth-order valence-electron chi connectivity index (χ4n) is 0.970. The van der Waals surface area contributed by atoms with Crippen LogP contribution in [0.1, 0.15) is 36.1 Å². The summed E-state index contributed by atoms with van der Waals surface area (Å²) in [5.41, 5.74) is -0.169. The summed E-state index contributed by atoms with van der Waals surface area (Å²) in [6, 6.07) is 0.899. The summed E-state index contributed by atoms with van der Waals surface area (Å²) in [6.45, 7) is 3.04. The number of hydrogen-bond donors (Lipinski definition) is 2. The van der Waals surface area contributed by atoms with Gasteiger partial charge in [-0.1, -0.05) is 5.16 Å². The molecule has 0 fully saturated rings. The van der Waals surface area contributed by atoms with E-state index in [-0.39, 0.29) is 17.6 Å². The number of carbonyl (C=O) groups excluding carboxylic acids is 1.